The first-order valence-corrected chi connectivity index (χ1v) is 9.98. The van der Waals surface area contributed by atoms with Crippen molar-refractivity contribution in [3.8, 4) is 0 Å². The highest BCUT2D eigenvalue weighted by Crippen LogP contribution is 2.26. The van der Waals surface area contributed by atoms with Crippen molar-refractivity contribution >= 4 is 5.97 Å². The number of aliphatic hydroxyl groups excluding tert-OH is 3. The minimum Gasteiger partial charge on any atom is -0.481 e. The molecule has 0 radical (unpaired) electrons. The molecule has 0 unspecified atom stereocenters. The van der Waals surface area contributed by atoms with Gasteiger partial charge in [0.2, 0.25) is 0 Å². The zero-order valence-corrected chi connectivity index (χ0v) is 16.6. The maximum atomic E-state index is 10.6. The van der Waals surface area contributed by atoms with E-state index in [1.807, 2.05) is 12.2 Å². The Balaban J connectivity index is 2.28. The molecule has 6 nitrogen and oxygen atoms in total. The van der Waals surface area contributed by atoms with Gasteiger partial charge in [0, 0.05) is 12.8 Å². The molecule has 5 atom stereocenters. The summed E-state index contributed by atoms with van der Waals surface area (Å²) >= 11 is 0. The monoisotopic (exact) mass is 394 g/mol. The highest BCUT2D eigenvalue weighted by Gasteiger charge is 2.36. The van der Waals surface area contributed by atoms with E-state index in [4.69, 9.17) is 9.84 Å². The van der Waals surface area contributed by atoms with E-state index in [1.165, 1.54) is 12.2 Å². The Morgan fingerprint density at radius 3 is 2.36 bits per heavy atom. The van der Waals surface area contributed by atoms with Gasteiger partial charge in [-0.1, -0.05) is 55.5 Å². The normalized spacial score (nSPS) is 25.5. The van der Waals surface area contributed by atoms with Crippen LogP contribution < -0.4 is 0 Å². The molecule has 1 fully saturated rings. The van der Waals surface area contributed by atoms with Crippen molar-refractivity contribution in [2.75, 3.05) is 0 Å². The van der Waals surface area contributed by atoms with Gasteiger partial charge in [0.1, 0.15) is 0 Å². The number of carbonyl (C=O) groups is 1. The molecular weight excluding hydrogens is 360 g/mol. The molecule has 1 aliphatic heterocycles. The molecule has 0 spiro atoms. The number of hydrogen-bond acceptors (Lipinski definition) is 5. The number of hydrogen-bond donors (Lipinski definition) is 4. The Bertz CT molecular complexity index is 551. The fourth-order valence-corrected chi connectivity index (χ4v) is 2.90. The zero-order valence-electron chi connectivity index (χ0n) is 16.6. The van der Waals surface area contributed by atoms with Crippen LogP contribution in [-0.4, -0.2) is 56.9 Å². The van der Waals surface area contributed by atoms with Crippen molar-refractivity contribution in [3.05, 3.63) is 48.6 Å². The van der Waals surface area contributed by atoms with Gasteiger partial charge in [-0.3, -0.25) is 4.79 Å². The summed E-state index contributed by atoms with van der Waals surface area (Å²) < 4.78 is 5.56. The van der Waals surface area contributed by atoms with Crippen molar-refractivity contribution in [2.24, 2.45) is 0 Å². The summed E-state index contributed by atoms with van der Waals surface area (Å²) in [5, 5.41) is 38.7. The molecule has 0 saturated carbocycles. The lowest BCUT2D eigenvalue weighted by Gasteiger charge is -2.16. The molecule has 0 aromatic heterocycles. The van der Waals surface area contributed by atoms with Crippen LogP contribution in [0.2, 0.25) is 0 Å². The highest BCUT2D eigenvalue weighted by molar-refractivity contribution is 5.66. The van der Waals surface area contributed by atoms with E-state index in [1.54, 1.807) is 0 Å². The molecule has 1 saturated heterocycles. The van der Waals surface area contributed by atoms with Crippen molar-refractivity contribution in [3.63, 3.8) is 0 Å². The average Bonchev–Trinajstić information content (AvgIpc) is 3.04. The molecule has 0 bridgehead atoms. The summed E-state index contributed by atoms with van der Waals surface area (Å²) in [6.45, 7) is 2.10. The molecule has 1 rings (SSSR count). The number of carboxylic acid groups (broad SMARTS) is 1. The third-order valence-electron chi connectivity index (χ3n) is 4.46. The molecule has 1 heterocycles. The Morgan fingerprint density at radius 1 is 1.07 bits per heavy atom. The smallest absolute Gasteiger partial charge is 0.303 e. The standard InChI is InChI=1S/C22H34O6/c1-2-3-4-5-6-7-8-9-10-11-17(23)12-13-18(24)21-16-19(25)20(28-21)14-15-22(26)27/h3-4,6-7,9-10,12-13,17-21,23-25H,2,5,8,11,14-16H2,1H3,(H,26,27)/b4-3-,7-6-,10-9-,13-12+/t17-,18-,19+,20-,21+/m1/s1. The zero-order chi connectivity index (χ0) is 20.8. The summed E-state index contributed by atoms with van der Waals surface area (Å²) in [6, 6.07) is 0. The maximum absolute atomic E-state index is 10.6. The van der Waals surface area contributed by atoms with Gasteiger partial charge in [-0.15, -0.1) is 0 Å². The number of aliphatic hydroxyl groups is 3. The van der Waals surface area contributed by atoms with E-state index in [0.29, 0.717) is 6.42 Å². The van der Waals surface area contributed by atoms with Crippen molar-refractivity contribution < 1.29 is 30.0 Å². The van der Waals surface area contributed by atoms with Crippen LogP contribution in [0, 0.1) is 0 Å². The average molecular weight is 395 g/mol. The largest absolute Gasteiger partial charge is 0.481 e. The van der Waals surface area contributed by atoms with Gasteiger partial charge in [0.05, 0.1) is 30.5 Å². The molecular formula is C22H34O6. The predicted octanol–water partition coefficient (Wildman–Crippen LogP) is 2.90. The second kappa shape index (κ2) is 14.3. The van der Waals surface area contributed by atoms with Crippen LogP contribution in [0.5, 0.6) is 0 Å². The molecule has 1 aliphatic rings. The van der Waals surface area contributed by atoms with E-state index in [9.17, 15) is 20.1 Å². The van der Waals surface area contributed by atoms with Crippen molar-refractivity contribution in [1.82, 2.24) is 0 Å². The quantitative estimate of drug-likeness (QED) is 0.358. The lowest BCUT2D eigenvalue weighted by Crippen LogP contribution is -2.25. The van der Waals surface area contributed by atoms with Gasteiger partial charge in [0.25, 0.3) is 0 Å². The summed E-state index contributed by atoms with van der Waals surface area (Å²) in [6.07, 6.45) is 15.3. The third kappa shape index (κ3) is 10.6. The minimum atomic E-state index is -0.956. The number of ether oxygens (including phenoxy) is 1. The summed E-state index contributed by atoms with van der Waals surface area (Å²) in [5.41, 5.74) is 0. The highest BCUT2D eigenvalue weighted by atomic mass is 16.5. The Kier molecular flexibility index (Phi) is 12.4. The van der Waals surface area contributed by atoms with Gasteiger partial charge in [-0.25, -0.2) is 0 Å². The summed E-state index contributed by atoms with van der Waals surface area (Å²) in [5.74, 6) is -0.945. The number of carboxylic acids is 1. The fourth-order valence-electron chi connectivity index (χ4n) is 2.90. The van der Waals surface area contributed by atoms with Gasteiger partial charge in [-0.05, 0) is 32.1 Å². The number of aliphatic carboxylic acids is 1. The van der Waals surface area contributed by atoms with E-state index in [-0.39, 0.29) is 19.3 Å². The van der Waals surface area contributed by atoms with Crippen LogP contribution >= 0.6 is 0 Å². The van der Waals surface area contributed by atoms with Crippen LogP contribution in [0.4, 0.5) is 0 Å². The number of rotatable bonds is 13. The molecule has 6 heteroatoms. The molecule has 0 aromatic carbocycles. The van der Waals surface area contributed by atoms with E-state index in [2.05, 4.69) is 31.2 Å². The first-order valence-electron chi connectivity index (χ1n) is 9.98. The van der Waals surface area contributed by atoms with Gasteiger partial charge < -0.3 is 25.2 Å². The van der Waals surface area contributed by atoms with Crippen LogP contribution in [0.25, 0.3) is 0 Å². The fraction of sp³-hybridized carbons (Fsp3) is 0.591. The second-order valence-electron chi connectivity index (χ2n) is 6.92. The maximum Gasteiger partial charge on any atom is 0.303 e. The predicted molar refractivity (Wildman–Crippen MR) is 109 cm³/mol. The third-order valence-corrected chi connectivity index (χ3v) is 4.46. The van der Waals surface area contributed by atoms with Crippen LogP contribution in [0.15, 0.2) is 48.6 Å². The lowest BCUT2D eigenvalue weighted by molar-refractivity contribution is -0.138. The first-order chi connectivity index (χ1) is 13.4. The lowest BCUT2D eigenvalue weighted by atomic mass is 10.0. The molecule has 158 valence electrons. The SMILES string of the molecule is CC/C=C\C/C=C\C/C=C\C[C@@H](O)/C=C/[C@@H](O)[C@@H]1C[C@H](O)[C@@H](CCC(=O)O)O1. The van der Waals surface area contributed by atoms with Crippen LogP contribution in [-0.2, 0) is 9.53 Å². The molecule has 28 heavy (non-hydrogen) atoms. The number of allylic oxidation sites excluding steroid dienone is 5. The Morgan fingerprint density at radius 2 is 1.71 bits per heavy atom. The van der Waals surface area contributed by atoms with Crippen LogP contribution in [0.1, 0.15) is 51.9 Å². The topological polar surface area (TPSA) is 107 Å². The first kappa shape index (κ1) is 24.3. The van der Waals surface area contributed by atoms with Gasteiger partial charge in [-0.2, -0.15) is 0 Å². The Labute approximate surface area is 167 Å². The molecule has 0 aromatic rings. The second-order valence-corrected chi connectivity index (χ2v) is 6.92. The Hall–Kier alpha value is -1.73. The molecule has 0 aliphatic carbocycles. The van der Waals surface area contributed by atoms with E-state index >= 15 is 0 Å². The van der Waals surface area contributed by atoms with Crippen molar-refractivity contribution in [2.45, 2.75) is 82.4 Å². The van der Waals surface area contributed by atoms with E-state index < -0.39 is 36.5 Å². The van der Waals surface area contributed by atoms with E-state index in [0.717, 1.165) is 19.3 Å². The molecule has 0 amide bonds. The van der Waals surface area contributed by atoms with Crippen LogP contribution in [0.3, 0.4) is 0 Å². The molecule has 4 N–H and O–H groups in total. The van der Waals surface area contributed by atoms with Gasteiger partial charge >= 0.3 is 5.97 Å². The minimum absolute atomic E-state index is 0.0872. The summed E-state index contributed by atoms with van der Waals surface area (Å²) in [4.78, 5) is 10.6. The summed E-state index contributed by atoms with van der Waals surface area (Å²) in [7, 11) is 0. The van der Waals surface area contributed by atoms with Crippen molar-refractivity contribution in [1.29, 1.82) is 0 Å². The van der Waals surface area contributed by atoms with Gasteiger partial charge in [0.15, 0.2) is 0 Å².